The van der Waals surface area contributed by atoms with Crippen molar-refractivity contribution in [2.75, 3.05) is 18.5 Å². The minimum atomic E-state index is 0.595. The summed E-state index contributed by atoms with van der Waals surface area (Å²) in [5.74, 6) is 1.58. The first-order chi connectivity index (χ1) is 9.72. The van der Waals surface area contributed by atoms with Crippen LogP contribution in [0.5, 0.6) is 11.5 Å². The molecule has 20 heavy (non-hydrogen) atoms. The number of halogens is 1. The van der Waals surface area contributed by atoms with E-state index in [0.29, 0.717) is 19.8 Å². The van der Waals surface area contributed by atoms with E-state index in [1.165, 1.54) is 0 Å². The van der Waals surface area contributed by atoms with Crippen molar-refractivity contribution in [3.63, 3.8) is 0 Å². The zero-order valence-electron chi connectivity index (χ0n) is 11.1. The molecule has 0 bridgehead atoms. The summed E-state index contributed by atoms with van der Waals surface area (Å²) in [5, 5.41) is 3.34. The van der Waals surface area contributed by atoms with Crippen molar-refractivity contribution >= 4 is 21.6 Å². The fraction of sp³-hybridized carbons (Fsp3) is 0.267. The van der Waals surface area contributed by atoms with Crippen LogP contribution in [0.3, 0.4) is 0 Å². The highest BCUT2D eigenvalue weighted by atomic mass is 79.9. The van der Waals surface area contributed by atoms with Crippen LogP contribution in [-0.2, 0) is 6.54 Å². The van der Waals surface area contributed by atoms with Crippen LogP contribution in [0.1, 0.15) is 11.3 Å². The molecule has 0 amide bonds. The molecule has 1 N–H and O–H groups in total. The molecule has 0 atom stereocenters. The lowest BCUT2D eigenvalue weighted by Crippen LogP contribution is -2.16. The lowest BCUT2D eigenvalue weighted by atomic mass is 10.2. The zero-order valence-corrected chi connectivity index (χ0v) is 12.7. The largest absolute Gasteiger partial charge is 0.486 e. The molecule has 5 heteroatoms. The van der Waals surface area contributed by atoms with Crippen LogP contribution < -0.4 is 14.8 Å². The third-order valence-corrected chi connectivity index (χ3v) is 3.65. The first-order valence-corrected chi connectivity index (χ1v) is 7.26. The van der Waals surface area contributed by atoms with Crippen LogP contribution in [0.15, 0.2) is 34.9 Å². The molecule has 1 aliphatic rings. The number of ether oxygens (including phenoxy) is 2. The molecule has 3 rings (SSSR count). The van der Waals surface area contributed by atoms with E-state index >= 15 is 0 Å². The lowest BCUT2D eigenvalue weighted by molar-refractivity contribution is 0.170. The summed E-state index contributed by atoms with van der Waals surface area (Å²) >= 11 is 3.52. The Morgan fingerprint density at radius 2 is 2.10 bits per heavy atom. The van der Waals surface area contributed by atoms with Crippen LogP contribution >= 0.6 is 15.9 Å². The van der Waals surface area contributed by atoms with Gasteiger partial charge in [0, 0.05) is 12.2 Å². The van der Waals surface area contributed by atoms with Gasteiger partial charge in [-0.2, -0.15) is 0 Å². The monoisotopic (exact) mass is 334 g/mol. The third kappa shape index (κ3) is 2.88. The second-order valence-corrected chi connectivity index (χ2v) is 5.50. The van der Waals surface area contributed by atoms with Gasteiger partial charge in [-0.15, -0.1) is 0 Å². The van der Waals surface area contributed by atoms with E-state index in [1.807, 2.05) is 37.4 Å². The first-order valence-electron chi connectivity index (χ1n) is 6.47. The van der Waals surface area contributed by atoms with Gasteiger partial charge in [0.1, 0.15) is 13.2 Å². The number of hydrogen-bond donors (Lipinski definition) is 1. The summed E-state index contributed by atoms with van der Waals surface area (Å²) in [6.45, 7) is 3.87. The maximum absolute atomic E-state index is 5.62. The fourth-order valence-electron chi connectivity index (χ4n) is 2.04. The Morgan fingerprint density at radius 3 is 2.90 bits per heavy atom. The van der Waals surface area contributed by atoms with E-state index in [0.717, 1.165) is 32.9 Å². The average Bonchev–Trinajstić information content (AvgIpc) is 2.47. The molecule has 0 spiro atoms. The van der Waals surface area contributed by atoms with Gasteiger partial charge in [0.05, 0.1) is 16.4 Å². The number of hydrogen-bond acceptors (Lipinski definition) is 4. The number of benzene rings is 1. The molecule has 0 aliphatic carbocycles. The van der Waals surface area contributed by atoms with Gasteiger partial charge in [-0.3, -0.25) is 4.98 Å². The van der Waals surface area contributed by atoms with E-state index in [1.54, 1.807) is 0 Å². The number of rotatable bonds is 3. The van der Waals surface area contributed by atoms with Gasteiger partial charge in [0.2, 0.25) is 0 Å². The molecule has 1 aromatic heterocycles. The van der Waals surface area contributed by atoms with Gasteiger partial charge >= 0.3 is 0 Å². The molecule has 104 valence electrons. The first kappa shape index (κ1) is 13.2. The normalized spacial score (nSPS) is 13.1. The topological polar surface area (TPSA) is 43.4 Å². The Morgan fingerprint density at radius 1 is 1.25 bits per heavy atom. The average molecular weight is 335 g/mol. The van der Waals surface area contributed by atoms with E-state index in [-0.39, 0.29) is 0 Å². The van der Waals surface area contributed by atoms with Crippen molar-refractivity contribution in [2.24, 2.45) is 0 Å². The molecule has 0 saturated carbocycles. The summed E-state index contributed by atoms with van der Waals surface area (Å²) in [6.07, 6.45) is 1.84. The van der Waals surface area contributed by atoms with Crippen LogP contribution in [0.4, 0.5) is 5.69 Å². The van der Waals surface area contributed by atoms with Crippen molar-refractivity contribution in [1.29, 1.82) is 0 Å². The van der Waals surface area contributed by atoms with Gasteiger partial charge in [0.25, 0.3) is 0 Å². The Labute approximate surface area is 126 Å². The predicted molar refractivity (Wildman–Crippen MR) is 81.4 cm³/mol. The number of fused-ring (bicyclic) bond motifs is 1. The Bertz CT molecular complexity index is 614. The highest BCUT2D eigenvalue weighted by Crippen LogP contribution is 2.38. The number of aryl methyl sites for hydroxylation is 1. The molecule has 0 fully saturated rings. The summed E-state index contributed by atoms with van der Waals surface area (Å²) in [4.78, 5) is 4.26. The molecule has 1 aromatic carbocycles. The van der Waals surface area contributed by atoms with Crippen molar-refractivity contribution in [3.8, 4) is 11.5 Å². The summed E-state index contributed by atoms with van der Waals surface area (Å²) in [5.41, 5.74) is 3.14. The highest BCUT2D eigenvalue weighted by molar-refractivity contribution is 9.10. The minimum Gasteiger partial charge on any atom is -0.486 e. The number of nitrogens with one attached hydrogen (secondary N) is 1. The predicted octanol–water partition coefficient (Wildman–Crippen LogP) is 3.54. The maximum Gasteiger partial charge on any atom is 0.175 e. The number of pyridine rings is 1. The van der Waals surface area contributed by atoms with Crippen molar-refractivity contribution in [1.82, 2.24) is 4.98 Å². The van der Waals surface area contributed by atoms with Gasteiger partial charge in [-0.25, -0.2) is 0 Å². The number of anilines is 1. The third-order valence-electron chi connectivity index (χ3n) is 3.06. The van der Waals surface area contributed by atoms with Crippen molar-refractivity contribution in [3.05, 3.63) is 46.2 Å². The molecule has 0 radical (unpaired) electrons. The molecule has 2 heterocycles. The van der Waals surface area contributed by atoms with Gasteiger partial charge in [0.15, 0.2) is 11.5 Å². The molecular weight excluding hydrogens is 320 g/mol. The highest BCUT2D eigenvalue weighted by Gasteiger charge is 2.16. The van der Waals surface area contributed by atoms with E-state index in [4.69, 9.17) is 9.47 Å². The molecule has 2 aromatic rings. The van der Waals surface area contributed by atoms with Crippen LogP contribution in [-0.4, -0.2) is 18.2 Å². The van der Waals surface area contributed by atoms with Crippen molar-refractivity contribution in [2.45, 2.75) is 13.5 Å². The van der Waals surface area contributed by atoms with Gasteiger partial charge < -0.3 is 14.8 Å². The maximum atomic E-state index is 5.62. The summed E-state index contributed by atoms with van der Waals surface area (Å²) in [6, 6.07) is 8.06. The van der Waals surface area contributed by atoms with Crippen LogP contribution in [0.2, 0.25) is 0 Å². The zero-order chi connectivity index (χ0) is 13.9. The molecule has 0 unspecified atom stereocenters. The molecular formula is C15H15BrN2O2. The summed E-state index contributed by atoms with van der Waals surface area (Å²) < 4.78 is 12.1. The Balaban J connectivity index is 1.74. The van der Waals surface area contributed by atoms with Gasteiger partial charge in [-0.1, -0.05) is 0 Å². The minimum absolute atomic E-state index is 0.595. The summed E-state index contributed by atoms with van der Waals surface area (Å²) in [7, 11) is 0. The molecule has 4 nitrogen and oxygen atoms in total. The SMILES string of the molecule is Cc1ccc(NCc2cc(Br)c3c(c2)OCCO3)cn1. The van der Waals surface area contributed by atoms with E-state index < -0.39 is 0 Å². The molecule has 1 aliphatic heterocycles. The Hall–Kier alpha value is -1.75. The quantitative estimate of drug-likeness (QED) is 0.932. The number of aromatic nitrogens is 1. The van der Waals surface area contributed by atoms with Crippen LogP contribution in [0, 0.1) is 6.92 Å². The number of nitrogens with zero attached hydrogens (tertiary/aromatic N) is 1. The second kappa shape index (κ2) is 5.71. The van der Waals surface area contributed by atoms with E-state index in [9.17, 15) is 0 Å². The Kier molecular flexibility index (Phi) is 3.78. The van der Waals surface area contributed by atoms with Crippen molar-refractivity contribution < 1.29 is 9.47 Å². The standard InChI is InChI=1S/C15H15BrN2O2/c1-10-2-3-12(9-17-10)18-8-11-6-13(16)15-14(7-11)19-4-5-20-15/h2-3,6-7,9,18H,4-5,8H2,1H3. The molecule has 0 saturated heterocycles. The lowest BCUT2D eigenvalue weighted by Gasteiger charge is -2.20. The smallest absolute Gasteiger partial charge is 0.175 e. The van der Waals surface area contributed by atoms with Gasteiger partial charge in [-0.05, 0) is 52.7 Å². The van der Waals surface area contributed by atoms with E-state index in [2.05, 4.69) is 26.2 Å². The fourth-order valence-corrected chi connectivity index (χ4v) is 2.65. The van der Waals surface area contributed by atoms with Crippen LogP contribution in [0.25, 0.3) is 0 Å². The second-order valence-electron chi connectivity index (χ2n) is 4.64.